The van der Waals surface area contributed by atoms with E-state index in [1.807, 2.05) is 31.2 Å². The molecule has 5 heteroatoms. The van der Waals surface area contributed by atoms with E-state index in [0.29, 0.717) is 22.5 Å². The molecule has 0 saturated heterocycles. The Hall–Kier alpha value is -3.21. The van der Waals surface area contributed by atoms with Crippen molar-refractivity contribution in [1.29, 1.82) is 0 Å². The van der Waals surface area contributed by atoms with Gasteiger partial charge in [-0.15, -0.1) is 0 Å². The number of benzene rings is 2. The standard InChI is InChI=1S/C20H21N3O2/c1-13(2)19(24)21-18-10-8-16(9-11-18)15(4)22-23-20(25)17-7-5-6-14(3)12-17/h5-12H,1H2,2-4H3,(H,21,24)(H,23,25)/b22-15-. The van der Waals surface area contributed by atoms with E-state index < -0.39 is 0 Å². The molecule has 0 heterocycles. The predicted molar refractivity (Wildman–Crippen MR) is 101 cm³/mol. The first-order valence-electron chi connectivity index (χ1n) is 7.85. The summed E-state index contributed by atoms with van der Waals surface area (Å²) < 4.78 is 0. The van der Waals surface area contributed by atoms with Gasteiger partial charge in [0, 0.05) is 16.8 Å². The van der Waals surface area contributed by atoms with Gasteiger partial charge in [0.05, 0.1) is 5.71 Å². The first-order chi connectivity index (χ1) is 11.9. The summed E-state index contributed by atoms with van der Waals surface area (Å²) in [5, 5.41) is 6.87. The van der Waals surface area contributed by atoms with Crippen molar-refractivity contribution in [2.45, 2.75) is 20.8 Å². The zero-order valence-corrected chi connectivity index (χ0v) is 14.6. The molecule has 0 aliphatic rings. The highest BCUT2D eigenvalue weighted by Crippen LogP contribution is 2.11. The van der Waals surface area contributed by atoms with Crippen molar-refractivity contribution >= 4 is 23.2 Å². The van der Waals surface area contributed by atoms with E-state index in [0.717, 1.165) is 11.1 Å². The van der Waals surface area contributed by atoms with Gasteiger partial charge in [-0.1, -0.05) is 36.4 Å². The van der Waals surface area contributed by atoms with Gasteiger partial charge in [-0.25, -0.2) is 5.43 Å². The second-order valence-electron chi connectivity index (χ2n) is 5.82. The molecule has 0 radical (unpaired) electrons. The number of aryl methyl sites for hydroxylation is 1. The number of hydrogen-bond donors (Lipinski definition) is 2. The fourth-order valence-corrected chi connectivity index (χ4v) is 2.08. The van der Waals surface area contributed by atoms with E-state index in [-0.39, 0.29) is 11.8 Å². The number of carbonyl (C=O) groups is 2. The highest BCUT2D eigenvalue weighted by molar-refractivity contribution is 6.04. The van der Waals surface area contributed by atoms with E-state index in [1.165, 1.54) is 0 Å². The summed E-state index contributed by atoms with van der Waals surface area (Å²) >= 11 is 0. The van der Waals surface area contributed by atoms with Crippen molar-refractivity contribution in [3.8, 4) is 0 Å². The van der Waals surface area contributed by atoms with Crippen LogP contribution < -0.4 is 10.7 Å². The molecule has 0 saturated carbocycles. The Morgan fingerprint density at radius 1 is 1.00 bits per heavy atom. The van der Waals surface area contributed by atoms with Crippen LogP contribution in [0, 0.1) is 6.92 Å². The Morgan fingerprint density at radius 3 is 2.28 bits per heavy atom. The largest absolute Gasteiger partial charge is 0.322 e. The number of hydrazone groups is 1. The van der Waals surface area contributed by atoms with Crippen LogP contribution in [0.4, 0.5) is 5.69 Å². The summed E-state index contributed by atoms with van der Waals surface area (Å²) in [5.74, 6) is -0.475. The van der Waals surface area contributed by atoms with Gasteiger partial charge in [0.25, 0.3) is 11.8 Å². The molecule has 2 amide bonds. The van der Waals surface area contributed by atoms with E-state index in [9.17, 15) is 9.59 Å². The smallest absolute Gasteiger partial charge is 0.271 e. The summed E-state index contributed by atoms with van der Waals surface area (Å²) in [7, 11) is 0. The van der Waals surface area contributed by atoms with Gasteiger partial charge in [-0.05, 0) is 50.6 Å². The SMILES string of the molecule is C=C(C)C(=O)Nc1ccc(/C(C)=N\NC(=O)c2cccc(C)c2)cc1. The molecule has 0 aromatic heterocycles. The van der Waals surface area contributed by atoms with Crippen molar-refractivity contribution in [3.63, 3.8) is 0 Å². The monoisotopic (exact) mass is 335 g/mol. The summed E-state index contributed by atoms with van der Waals surface area (Å²) in [6.45, 7) is 8.98. The molecule has 2 aromatic carbocycles. The molecule has 0 aliphatic heterocycles. The Balaban J connectivity index is 2.03. The van der Waals surface area contributed by atoms with Gasteiger partial charge in [0.1, 0.15) is 0 Å². The number of anilines is 1. The highest BCUT2D eigenvalue weighted by Gasteiger charge is 2.06. The lowest BCUT2D eigenvalue weighted by Gasteiger charge is -2.07. The summed E-state index contributed by atoms with van der Waals surface area (Å²) in [5.41, 5.74) is 6.76. The molecule has 2 rings (SSSR count). The van der Waals surface area contributed by atoms with Crippen LogP contribution in [0.3, 0.4) is 0 Å². The molecular weight excluding hydrogens is 314 g/mol. The number of carbonyl (C=O) groups excluding carboxylic acids is 2. The Bertz CT molecular complexity index is 836. The highest BCUT2D eigenvalue weighted by atomic mass is 16.2. The third-order valence-electron chi connectivity index (χ3n) is 3.55. The van der Waals surface area contributed by atoms with Gasteiger partial charge in [-0.2, -0.15) is 5.10 Å². The van der Waals surface area contributed by atoms with Crippen LogP contribution in [0.5, 0.6) is 0 Å². The van der Waals surface area contributed by atoms with Crippen LogP contribution in [-0.2, 0) is 4.79 Å². The maximum atomic E-state index is 12.1. The van der Waals surface area contributed by atoms with Crippen LogP contribution in [0.25, 0.3) is 0 Å². The van der Waals surface area contributed by atoms with Gasteiger partial charge < -0.3 is 5.32 Å². The van der Waals surface area contributed by atoms with Crippen LogP contribution in [0.15, 0.2) is 65.8 Å². The van der Waals surface area contributed by atoms with Crippen molar-refractivity contribution in [2.75, 3.05) is 5.32 Å². The van der Waals surface area contributed by atoms with E-state index in [4.69, 9.17) is 0 Å². The number of nitrogens with one attached hydrogen (secondary N) is 2. The minimum absolute atomic E-state index is 0.219. The first kappa shape index (κ1) is 18.1. The van der Waals surface area contributed by atoms with Crippen molar-refractivity contribution in [1.82, 2.24) is 5.43 Å². The molecule has 25 heavy (non-hydrogen) atoms. The minimum Gasteiger partial charge on any atom is -0.322 e. The van der Waals surface area contributed by atoms with Crippen molar-refractivity contribution < 1.29 is 9.59 Å². The van der Waals surface area contributed by atoms with E-state index >= 15 is 0 Å². The molecule has 0 unspecified atom stereocenters. The zero-order valence-electron chi connectivity index (χ0n) is 14.6. The Morgan fingerprint density at radius 2 is 1.68 bits per heavy atom. The lowest BCUT2D eigenvalue weighted by molar-refractivity contribution is -0.112. The average molecular weight is 335 g/mol. The first-order valence-corrected chi connectivity index (χ1v) is 7.85. The lowest BCUT2D eigenvalue weighted by Crippen LogP contribution is -2.19. The normalized spacial score (nSPS) is 10.9. The minimum atomic E-state index is -0.256. The van der Waals surface area contributed by atoms with Gasteiger partial charge in [0.2, 0.25) is 0 Å². The Kier molecular flexibility index (Phi) is 5.84. The van der Waals surface area contributed by atoms with Gasteiger partial charge in [-0.3, -0.25) is 9.59 Å². The number of nitrogens with zero attached hydrogens (tertiary/aromatic N) is 1. The molecular formula is C20H21N3O2. The molecule has 0 aliphatic carbocycles. The molecule has 2 N–H and O–H groups in total. The molecule has 0 bridgehead atoms. The van der Waals surface area contributed by atoms with Crippen LogP contribution in [-0.4, -0.2) is 17.5 Å². The fourth-order valence-electron chi connectivity index (χ4n) is 2.08. The third kappa shape index (κ3) is 5.14. The summed E-state index contributed by atoms with van der Waals surface area (Å²) in [4.78, 5) is 23.7. The van der Waals surface area contributed by atoms with Gasteiger partial charge >= 0.3 is 0 Å². The molecule has 0 atom stereocenters. The Labute approximate surface area is 147 Å². The topological polar surface area (TPSA) is 70.6 Å². The quantitative estimate of drug-likeness (QED) is 0.497. The molecule has 0 fully saturated rings. The summed E-state index contributed by atoms with van der Waals surface area (Å²) in [6, 6.07) is 14.5. The lowest BCUT2D eigenvalue weighted by atomic mass is 10.1. The number of rotatable bonds is 5. The molecule has 5 nitrogen and oxygen atoms in total. The maximum Gasteiger partial charge on any atom is 0.271 e. The second kappa shape index (κ2) is 8.06. The van der Waals surface area contributed by atoms with Crippen LogP contribution in [0.2, 0.25) is 0 Å². The average Bonchev–Trinajstić information content (AvgIpc) is 2.59. The molecule has 128 valence electrons. The second-order valence-corrected chi connectivity index (χ2v) is 5.82. The van der Waals surface area contributed by atoms with Crippen molar-refractivity contribution in [2.24, 2.45) is 5.10 Å². The predicted octanol–water partition coefficient (Wildman–Crippen LogP) is 3.66. The number of hydrogen-bond acceptors (Lipinski definition) is 3. The molecule has 2 aromatic rings. The maximum absolute atomic E-state index is 12.1. The van der Waals surface area contributed by atoms with Crippen molar-refractivity contribution in [3.05, 3.63) is 77.4 Å². The van der Waals surface area contributed by atoms with Crippen LogP contribution >= 0.6 is 0 Å². The third-order valence-corrected chi connectivity index (χ3v) is 3.55. The van der Waals surface area contributed by atoms with E-state index in [1.54, 1.807) is 38.1 Å². The summed E-state index contributed by atoms with van der Waals surface area (Å²) in [6.07, 6.45) is 0. The van der Waals surface area contributed by atoms with Gasteiger partial charge in [0.15, 0.2) is 0 Å². The molecule has 0 spiro atoms. The van der Waals surface area contributed by atoms with Crippen LogP contribution in [0.1, 0.15) is 35.3 Å². The zero-order chi connectivity index (χ0) is 18.4. The van der Waals surface area contributed by atoms with E-state index in [2.05, 4.69) is 22.4 Å². The number of amides is 2. The fraction of sp³-hybridized carbons (Fsp3) is 0.150.